The van der Waals surface area contributed by atoms with E-state index in [-0.39, 0.29) is 12.7 Å². The Bertz CT molecular complexity index is 2060. The molecule has 10 nitrogen and oxygen atoms in total. The average molecular weight is 717 g/mol. The van der Waals surface area contributed by atoms with Crippen LogP contribution in [0.15, 0.2) is 85.1 Å². The van der Waals surface area contributed by atoms with Gasteiger partial charge in [0, 0.05) is 69.0 Å². The monoisotopic (exact) mass is 716 g/mol. The number of pyridine rings is 1. The van der Waals surface area contributed by atoms with Gasteiger partial charge in [-0.1, -0.05) is 6.07 Å². The number of aromatic nitrogens is 2. The number of hydrogen-bond acceptors (Lipinski definition) is 7. The first-order valence-electron chi connectivity index (χ1n) is 16.4. The Kier molecular flexibility index (Phi) is 9.44. The molecule has 0 atom stereocenters. The first-order valence-corrected chi connectivity index (χ1v) is 16.9. The molecular weight excluding hydrogens is 682 g/mol. The number of nitrogens with one attached hydrogen (secondary N) is 1. The average Bonchev–Trinajstić information content (AvgIpc) is 3.72. The maximum absolute atomic E-state index is 13.6. The molecule has 2 aliphatic rings. The molecule has 0 aliphatic carbocycles. The lowest BCUT2D eigenvalue weighted by Crippen LogP contribution is -2.48. The van der Waals surface area contributed by atoms with Crippen LogP contribution in [0.5, 0.6) is 23.1 Å². The van der Waals surface area contributed by atoms with E-state index in [1.54, 1.807) is 23.2 Å². The highest BCUT2D eigenvalue weighted by Gasteiger charge is 2.30. The van der Waals surface area contributed by atoms with Gasteiger partial charge in [-0.05, 0) is 91.4 Å². The summed E-state index contributed by atoms with van der Waals surface area (Å²) < 4.78 is 57.7. The van der Waals surface area contributed by atoms with E-state index in [1.807, 2.05) is 59.8 Å². The molecule has 2 aromatic heterocycles. The van der Waals surface area contributed by atoms with Crippen LogP contribution in [0.25, 0.3) is 10.9 Å². The lowest BCUT2D eigenvalue weighted by atomic mass is 10.1. The van der Waals surface area contributed by atoms with Crippen LogP contribution in [0, 0.1) is 0 Å². The smallest absolute Gasteiger partial charge is 0.416 e. The molecule has 3 aromatic carbocycles. The number of fused-ring (bicyclic) bond motifs is 2. The molecule has 4 heterocycles. The van der Waals surface area contributed by atoms with Gasteiger partial charge in [-0.3, -0.25) is 9.69 Å². The highest BCUT2D eigenvalue weighted by molar-refractivity contribution is 7.80. The van der Waals surface area contributed by atoms with Crippen LogP contribution in [0.1, 0.15) is 28.5 Å². The highest BCUT2D eigenvalue weighted by Crippen LogP contribution is 2.34. The molecule has 1 fully saturated rings. The molecule has 14 heteroatoms. The van der Waals surface area contributed by atoms with E-state index < -0.39 is 11.7 Å². The summed E-state index contributed by atoms with van der Waals surface area (Å²) in [5, 5.41) is 4.17. The zero-order valence-electron chi connectivity index (χ0n) is 27.9. The van der Waals surface area contributed by atoms with Gasteiger partial charge in [0.1, 0.15) is 11.4 Å². The summed E-state index contributed by atoms with van der Waals surface area (Å²) in [6, 6.07) is 21.8. The van der Waals surface area contributed by atoms with E-state index >= 15 is 0 Å². The fourth-order valence-corrected chi connectivity index (χ4v) is 6.61. The zero-order valence-corrected chi connectivity index (χ0v) is 28.8. The van der Waals surface area contributed by atoms with Crippen LogP contribution in [-0.2, 0) is 19.8 Å². The maximum Gasteiger partial charge on any atom is 0.416 e. The Balaban J connectivity index is 0.959. The first kappa shape index (κ1) is 34.1. The van der Waals surface area contributed by atoms with E-state index in [0.29, 0.717) is 53.4 Å². The minimum atomic E-state index is -4.41. The standard InChI is InChI=1S/C37H35F3N6O4S/c1-3-46(36(51)42-27-7-5-26(6-8-27)37(38,39)40)28-9-13-34(41-21-28)50-29-10-11-30-25(19-29)20-31(43(30)2)35(47)45-16-14-44(15-17-45)22-24-4-12-32-33(18-24)49-23-48-32/h4-13,18-21H,3,14-17,22-23H2,1-2H3,(H,42,51). The number of nitrogens with zero attached hydrogens (tertiary/aromatic N) is 5. The SMILES string of the molecule is CCN(C(=S)Nc1ccc(C(F)(F)F)cc1)c1ccc(Oc2ccc3c(c2)cc(C(=O)N2CCN(Cc4ccc5c(c4)OCO5)CC2)n3C)nc1. The van der Waals surface area contributed by atoms with E-state index in [4.69, 9.17) is 26.4 Å². The van der Waals surface area contributed by atoms with Crippen molar-refractivity contribution >= 4 is 45.5 Å². The number of aryl methyl sites for hydroxylation is 1. The molecular formula is C37H35F3N6O4S. The van der Waals surface area contributed by atoms with E-state index in [9.17, 15) is 18.0 Å². The van der Waals surface area contributed by atoms with E-state index in [2.05, 4.69) is 21.3 Å². The number of rotatable bonds is 8. The molecule has 7 rings (SSSR count). The van der Waals surface area contributed by atoms with Crippen molar-refractivity contribution in [3.05, 3.63) is 102 Å². The van der Waals surface area contributed by atoms with Crippen molar-refractivity contribution in [1.29, 1.82) is 0 Å². The normalized spacial score (nSPS) is 14.5. The number of thiocarbonyl (C=S) groups is 1. The number of halogens is 3. The van der Waals surface area contributed by atoms with Gasteiger partial charge in [0.05, 0.1) is 17.4 Å². The van der Waals surface area contributed by atoms with Crippen LogP contribution in [-0.4, -0.2) is 69.9 Å². The topological polar surface area (TPSA) is 84.3 Å². The highest BCUT2D eigenvalue weighted by atomic mass is 32.1. The molecule has 0 radical (unpaired) electrons. The van der Waals surface area contributed by atoms with Crippen molar-refractivity contribution in [2.75, 3.05) is 49.7 Å². The van der Waals surface area contributed by atoms with Gasteiger partial charge in [-0.25, -0.2) is 4.98 Å². The lowest BCUT2D eigenvalue weighted by molar-refractivity contribution is -0.137. The molecule has 5 aromatic rings. The van der Waals surface area contributed by atoms with Gasteiger partial charge in [-0.15, -0.1) is 0 Å². The number of carbonyl (C=O) groups excluding carboxylic acids is 1. The maximum atomic E-state index is 13.6. The molecule has 51 heavy (non-hydrogen) atoms. The second kappa shape index (κ2) is 14.1. The number of ether oxygens (including phenoxy) is 3. The predicted molar refractivity (Wildman–Crippen MR) is 192 cm³/mol. The third-order valence-electron chi connectivity index (χ3n) is 9.02. The molecule has 1 amide bonds. The third-order valence-corrected chi connectivity index (χ3v) is 9.34. The van der Waals surface area contributed by atoms with Crippen molar-refractivity contribution in [2.45, 2.75) is 19.6 Å². The Morgan fingerprint density at radius 1 is 0.961 bits per heavy atom. The van der Waals surface area contributed by atoms with Crippen molar-refractivity contribution in [2.24, 2.45) is 7.05 Å². The number of alkyl halides is 3. The molecule has 0 saturated carbocycles. The van der Waals surface area contributed by atoms with Crippen LogP contribution in [0.4, 0.5) is 24.5 Å². The van der Waals surface area contributed by atoms with Crippen LogP contribution < -0.4 is 24.4 Å². The molecule has 0 bridgehead atoms. The zero-order chi connectivity index (χ0) is 35.7. The van der Waals surface area contributed by atoms with Gasteiger partial charge in [0.25, 0.3) is 5.91 Å². The number of hydrogen-bond donors (Lipinski definition) is 1. The van der Waals surface area contributed by atoms with Gasteiger partial charge in [0.2, 0.25) is 12.7 Å². The summed E-state index contributed by atoms with van der Waals surface area (Å²) in [6.45, 7) is 6.23. The fourth-order valence-electron chi connectivity index (χ4n) is 6.26. The van der Waals surface area contributed by atoms with Crippen molar-refractivity contribution < 1.29 is 32.2 Å². The van der Waals surface area contributed by atoms with Gasteiger partial charge >= 0.3 is 6.18 Å². The summed E-state index contributed by atoms with van der Waals surface area (Å²) in [4.78, 5) is 24.1. The van der Waals surface area contributed by atoms with Crippen molar-refractivity contribution in [3.63, 3.8) is 0 Å². The third kappa shape index (κ3) is 7.42. The first-order chi connectivity index (χ1) is 24.6. The molecule has 2 aliphatic heterocycles. The van der Waals surface area contributed by atoms with Gasteiger partial charge < -0.3 is 33.9 Å². The van der Waals surface area contributed by atoms with E-state index in [1.165, 1.54) is 12.1 Å². The summed E-state index contributed by atoms with van der Waals surface area (Å²) in [5.41, 5.74) is 3.06. The summed E-state index contributed by atoms with van der Waals surface area (Å²) in [6.07, 6.45) is -2.79. The van der Waals surface area contributed by atoms with Gasteiger partial charge in [0.15, 0.2) is 16.6 Å². The Hall–Kier alpha value is -5.34. The minimum absolute atomic E-state index is 0.0117. The Morgan fingerprint density at radius 2 is 1.73 bits per heavy atom. The Morgan fingerprint density at radius 3 is 2.43 bits per heavy atom. The predicted octanol–water partition coefficient (Wildman–Crippen LogP) is 7.29. The van der Waals surface area contributed by atoms with Gasteiger partial charge in [-0.2, -0.15) is 13.2 Å². The summed E-state index contributed by atoms with van der Waals surface area (Å²) in [7, 11) is 1.89. The molecule has 264 valence electrons. The molecule has 1 saturated heterocycles. The van der Waals surface area contributed by atoms with Crippen molar-refractivity contribution in [1.82, 2.24) is 19.4 Å². The second-order valence-electron chi connectivity index (χ2n) is 12.3. The number of carbonyl (C=O) groups is 1. The number of benzene rings is 3. The largest absolute Gasteiger partial charge is 0.454 e. The fraction of sp³-hybridized carbons (Fsp3) is 0.270. The Labute approximate surface area is 297 Å². The summed E-state index contributed by atoms with van der Waals surface area (Å²) in [5.74, 6) is 2.46. The molecule has 0 unspecified atom stereocenters. The second-order valence-corrected chi connectivity index (χ2v) is 12.7. The molecule has 0 spiro atoms. The minimum Gasteiger partial charge on any atom is -0.454 e. The van der Waals surface area contributed by atoms with Crippen molar-refractivity contribution in [3.8, 4) is 23.1 Å². The number of piperazine rings is 1. The molecule has 1 N–H and O–H groups in total. The van der Waals surface area contributed by atoms with Crippen LogP contribution in [0.2, 0.25) is 0 Å². The van der Waals surface area contributed by atoms with E-state index in [0.717, 1.165) is 59.7 Å². The number of amides is 1. The van der Waals surface area contributed by atoms with Crippen LogP contribution in [0.3, 0.4) is 0 Å². The number of anilines is 2. The quantitative estimate of drug-likeness (QED) is 0.167. The lowest BCUT2D eigenvalue weighted by Gasteiger charge is -2.34. The summed E-state index contributed by atoms with van der Waals surface area (Å²) >= 11 is 5.54. The van der Waals surface area contributed by atoms with Crippen LogP contribution >= 0.6 is 12.2 Å².